The fourth-order valence-corrected chi connectivity index (χ4v) is 1.84. The molecular weight excluding hydrogens is 307 g/mol. The zero-order valence-electron chi connectivity index (χ0n) is 7.68. The first-order chi connectivity index (χ1) is 7.35. The molecule has 9 heteroatoms. The SMILES string of the molecule is O=[N+]([O-])c1cc(F)ccc1NS(=O)(=O)CBr. The van der Waals surface area contributed by atoms with E-state index in [1.807, 2.05) is 4.72 Å². The molecule has 0 fully saturated rings. The maximum Gasteiger partial charge on any atom is 0.296 e. The van der Waals surface area contributed by atoms with Crippen molar-refractivity contribution in [2.45, 2.75) is 0 Å². The minimum Gasteiger partial charge on any atom is -0.276 e. The van der Waals surface area contributed by atoms with Gasteiger partial charge in [0.05, 0.1) is 11.0 Å². The highest BCUT2D eigenvalue weighted by Gasteiger charge is 2.19. The molecule has 0 aliphatic heterocycles. The minimum absolute atomic E-state index is 0.272. The largest absolute Gasteiger partial charge is 0.296 e. The average molecular weight is 313 g/mol. The predicted octanol–water partition coefficient (Wildman–Crippen LogP) is 1.83. The zero-order chi connectivity index (χ0) is 12.3. The van der Waals surface area contributed by atoms with Crippen LogP contribution in [0.5, 0.6) is 0 Å². The van der Waals surface area contributed by atoms with Crippen LogP contribution in [0.25, 0.3) is 0 Å². The summed E-state index contributed by atoms with van der Waals surface area (Å²) >= 11 is 2.71. The van der Waals surface area contributed by atoms with Crippen molar-refractivity contribution in [2.24, 2.45) is 0 Å². The van der Waals surface area contributed by atoms with Crippen LogP contribution in [-0.2, 0) is 10.0 Å². The van der Waals surface area contributed by atoms with Crippen LogP contribution >= 0.6 is 15.9 Å². The summed E-state index contributed by atoms with van der Waals surface area (Å²) in [6.07, 6.45) is 0. The summed E-state index contributed by atoms with van der Waals surface area (Å²) in [5, 5.41) is 10.5. The number of hydrogen-bond acceptors (Lipinski definition) is 4. The predicted molar refractivity (Wildman–Crippen MR) is 59.4 cm³/mol. The van der Waals surface area contributed by atoms with Gasteiger partial charge in [0.1, 0.15) is 16.2 Å². The Balaban J connectivity index is 3.19. The van der Waals surface area contributed by atoms with Gasteiger partial charge in [-0.15, -0.1) is 0 Å². The molecule has 0 atom stereocenters. The summed E-state index contributed by atoms with van der Waals surface area (Å²) in [5.41, 5.74) is -0.907. The summed E-state index contributed by atoms with van der Waals surface area (Å²) in [4.78, 5) is 9.67. The van der Waals surface area contributed by atoms with Gasteiger partial charge in [-0.05, 0) is 12.1 Å². The number of nitrogens with one attached hydrogen (secondary N) is 1. The molecule has 16 heavy (non-hydrogen) atoms. The Labute approximate surface area is 98.8 Å². The highest BCUT2D eigenvalue weighted by Crippen LogP contribution is 2.26. The fraction of sp³-hybridized carbons (Fsp3) is 0.143. The summed E-state index contributed by atoms with van der Waals surface area (Å²) in [7, 11) is -3.70. The molecule has 88 valence electrons. The lowest BCUT2D eigenvalue weighted by molar-refractivity contribution is -0.384. The van der Waals surface area contributed by atoms with Crippen LogP contribution in [0.1, 0.15) is 0 Å². The smallest absolute Gasteiger partial charge is 0.276 e. The van der Waals surface area contributed by atoms with Crippen molar-refractivity contribution in [3.05, 3.63) is 34.1 Å². The zero-order valence-corrected chi connectivity index (χ0v) is 10.1. The fourth-order valence-electron chi connectivity index (χ4n) is 0.937. The van der Waals surface area contributed by atoms with Gasteiger partial charge in [0, 0.05) is 0 Å². The van der Waals surface area contributed by atoms with Crippen LogP contribution in [0, 0.1) is 15.9 Å². The Morgan fingerprint density at radius 1 is 1.50 bits per heavy atom. The van der Waals surface area contributed by atoms with Crippen molar-refractivity contribution in [1.82, 2.24) is 0 Å². The van der Waals surface area contributed by atoms with E-state index in [1.54, 1.807) is 0 Å². The second-order valence-electron chi connectivity index (χ2n) is 2.74. The summed E-state index contributed by atoms with van der Waals surface area (Å²) in [6, 6.07) is 2.57. The van der Waals surface area contributed by atoms with Gasteiger partial charge in [0.25, 0.3) is 5.69 Å². The monoisotopic (exact) mass is 312 g/mol. The Morgan fingerprint density at radius 2 is 2.12 bits per heavy atom. The molecule has 0 amide bonds. The average Bonchev–Trinajstić information content (AvgIpc) is 2.20. The van der Waals surface area contributed by atoms with Crippen molar-refractivity contribution < 1.29 is 17.7 Å². The van der Waals surface area contributed by atoms with Gasteiger partial charge in [0.15, 0.2) is 0 Å². The molecule has 0 saturated carbocycles. The maximum absolute atomic E-state index is 12.7. The molecule has 6 nitrogen and oxygen atoms in total. The van der Waals surface area contributed by atoms with Crippen LogP contribution in [0.15, 0.2) is 18.2 Å². The first kappa shape index (κ1) is 12.8. The van der Waals surface area contributed by atoms with Gasteiger partial charge >= 0.3 is 0 Å². The Kier molecular flexibility index (Phi) is 3.81. The van der Waals surface area contributed by atoms with E-state index in [0.717, 1.165) is 12.1 Å². The second kappa shape index (κ2) is 4.74. The van der Waals surface area contributed by atoms with Crippen LogP contribution in [0.4, 0.5) is 15.8 Å². The highest BCUT2D eigenvalue weighted by atomic mass is 79.9. The molecule has 0 heterocycles. The maximum atomic E-state index is 12.7. The second-order valence-corrected chi connectivity index (χ2v) is 5.77. The molecule has 0 bridgehead atoms. The molecule has 1 N–H and O–H groups in total. The van der Waals surface area contributed by atoms with E-state index in [9.17, 15) is 22.9 Å². The van der Waals surface area contributed by atoms with Crippen molar-refractivity contribution in [3.63, 3.8) is 0 Å². The summed E-state index contributed by atoms with van der Waals surface area (Å²) in [5.74, 6) is -0.812. The standard InChI is InChI=1S/C7H6BrFN2O4S/c8-4-16(14,15)10-6-2-1-5(9)3-7(6)11(12)13/h1-3,10H,4H2. The molecule has 0 radical (unpaired) electrons. The van der Waals surface area contributed by atoms with Gasteiger partial charge in [-0.25, -0.2) is 12.8 Å². The molecule has 0 aromatic heterocycles. The number of alkyl halides is 1. The number of anilines is 1. The lowest BCUT2D eigenvalue weighted by atomic mass is 10.3. The molecule has 0 aliphatic carbocycles. The Morgan fingerprint density at radius 3 is 2.62 bits per heavy atom. The van der Waals surface area contributed by atoms with Crippen molar-refractivity contribution in [1.29, 1.82) is 0 Å². The number of halogens is 2. The van der Waals surface area contributed by atoms with Crippen LogP contribution < -0.4 is 4.72 Å². The number of nitro benzene ring substituents is 1. The summed E-state index contributed by atoms with van der Waals surface area (Å²) in [6.45, 7) is 0. The molecule has 0 unspecified atom stereocenters. The number of sulfonamides is 1. The Hall–Kier alpha value is -1.22. The minimum atomic E-state index is -3.70. The molecule has 0 saturated heterocycles. The quantitative estimate of drug-likeness (QED) is 0.522. The number of benzene rings is 1. The van der Waals surface area contributed by atoms with Gasteiger partial charge < -0.3 is 0 Å². The normalized spacial score (nSPS) is 11.1. The van der Waals surface area contributed by atoms with Crippen LogP contribution in [-0.4, -0.2) is 18.0 Å². The first-order valence-electron chi connectivity index (χ1n) is 3.86. The van der Waals surface area contributed by atoms with E-state index in [2.05, 4.69) is 15.9 Å². The van der Waals surface area contributed by atoms with Gasteiger partial charge in [0.2, 0.25) is 10.0 Å². The molecular formula is C7H6BrFN2O4S. The third-order valence-corrected chi connectivity index (χ3v) is 4.19. The van der Waals surface area contributed by atoms with Gasteiger partial charge in [-0.2, -0.15) is 0 Å². The third-order valence-electron chi connectivity index (χ3n) is 1.57. The van der Waals surface area contributed by atoms with E-state index in [0.29, 0.717) is 6.07 Å². The molecule has 1 rings (SSSR count). The molecule has 0 spiro atoms. The van der Waals surface area contributed by atoms with Crippen molar-refractivity contribution in [3.8, 4) is 0 Å². The number of rotatable bonds is 4. The van der Waals surface area contributed by atoms with Crippen molar-refractivity contribution >= 4 is 37.3 Å². The third kappa shape index (κ3) is 3.14. The van der Waals surface area contributed by atoms with Crippen LogP contribution in [0.2, 0.25) is 0 Å². The number of nitro groups is 1. The lowest BCUT2D eigenvalue weighted by Gasteiger charge is -2.05. The summed E-state index contributed by atoms with van der Waals surface area (Å²) < 4.78 is 36.6. The van der Waals surface area contributed by atoms with E-state index in [1.165, 1.54) is 0 Å². The molecule has 0 aliphatic rings. The van der Waals surface area contributed by atoms with Gasteiger partial charge in [-0.3, -0.25) is 14.8 Å². The van der Waals surface area contributed by atoms with E-state index in [4.69, 9.17) is 0 Å². The van der Waals surface area contributed by atoms with Crippen molar-refractivity contribution in [2.75, 3.05) is 9.38 Å². The molecule has 1 aromatic rings. The highest BCUT2D eigenvalue weighted by molar-refractivity contribution is 9.10. The molecule has 1 aromatic carbocycles. The lowest BCUT2D eigenvalue weighted by Crippen LogP contribution is -2.14. The van der Waals surface area contributed by atoms with Crippen LogP contribution in [0.3, 0.4) is 0 Å². The Bertz CT molecular complexity index is 519. The number of hydrogen-bond donors (Lipinski definition) is 1. The number of nitrogens with zero attached hydrogens (tertiary/aromatic N) is 1. The van der Waals surface area contributed by atoms with E-state index in [-0.39, 0.29) is 5.69 Å². The van der Waals surface area contributed by atoms with E-state index >= 15 is 0 Å². The first-order valence-corrected chi connectivity index (χ1v) is 6.63. The topological polar surface area (TPSA) is 89.3 Å². The van der Waals surface area contributed by atoms with E-state index < -0.39 is 31.1 Å². The van der Waals surface area contributed by atoms with Gasteiger partial charge in [-0.1, -0.05) is 15.9 Å².